The largest absolute Gasteiger partial charge is 0.372 e. The molecular formula is C19H24FN3O4. The molecule has 0 fully saturated rings. The molecule has 0 aliphatic rings. The van der Waals surface area contributed by atoms with E-state index in [1.807, 2.05) is 0 Å². The topological polar surface area (TPSA) is 89.5 Å². The number of benzene rings is 2. The van der Waals surface area contributed by atoms with E-state index < -0.39 is 27.0 Å². The molecule has 2 aromatic rings. The molecule has 0 aliphatic carbocycles. The normalized spacial score (nSPS) is 9.93. The molecule has 146 valence electrons. The van der Waals surface area contributed by atoms with E-state index in [-0.39, 0.29) is 0 Å². The SMILES string of the molecule is CCCN(CCC)c1ccc(C)cc1.O=[N+]([O-])c1cccc([N+](=O)[O-])c1F. The minimum atomic E-state index is -1.42. The van der Waals surface area contributed by atoms with Gasteiger partial charge in [-0.15, -0.1) is 0 Å². The molecule has 7 nitrogen and oxygen atoms in total. The Kier molecular flexibility index (Phi) is 8.84. The Labute approximate surface area is 157 Å². The second-order valence-electron chi connectivity index (χ2n) is 5.95. The Bertz CT molecular complexity index is 728. The predicted octanol–water partition coefficient (Wildman–Crippen LogP) is 5.26. The van der Waals surface area contributed by atoms with Crippen LogP contribution in [-0.2, 0) is 0 Å². The first kappa shape index (κ1) is 22.0. The summed E-state index contributed by atoms with van der Waals surface area (Å²) >= 11 is 0. The summed E-state index contributed by atoms with van der Waals surface area (Å²) in [5.74, 6) is -1.42. The molecular weight excluding hydrogens is 353 g/mol. The van der Waals surface area contributed by atoms with Crippen molar-refractivity contribution in [1.82, 2.24) is 0 Å². The molecule has 0 radical (unpaired) electrons. The molecule has 2 rings (SSSR count). The molecule has 0 saturated heterocycles. The minimum Gasteiger partial charge on any atom is -0.372 e. The third-order valence-corrected chi connectivity index (χ3v) is 3.74. The summed E-state index contributed by atoms with van der Waals surface area (Å²) in [7, 11) is 0. The Morgan fingerprint density at radius 1 is 0.889 bits per heavy atom. The first-order valence-corrected chi connectivity index (χ1v) is 8.70. The fourth-order valence-electron chi connectivity index (χ4n) is 2.46. The van der Waals surface area contributed by atoms with Gasteiger partial charge in [0.25, 0.3) is 5.82 Å². The molecule has 27 heavy (non-hydrogen) atoms. The van der Waals surface area contributed by atoms with Gasteiger partial charge in [-0.2, -0.15) is 4.39 Å². The first-order chi connectivity index (χ1) is 12.8. The van der Waals surface area contributed by atoms with Gasteiger partial charge < -0.3 is 4.90 Å². The fraction of sp³-hybridized carbons (Fsp3) is 0.368. The number of hydrogen-bond donors (Lipinski definition) is 0. The van der Waals surface area contributed by atoms with E-state index in [0.29, 0.717) is 0 Å². The highest BCUT2D eigenvalue weighted by Gasteiger charge is 2.24. The van der Waals surface area contributed by atoms with E-state index in [0.717, 1.165) is 31.3 Å². The molecule has 0 amide bonds. The predicted molar refractivity (Wildman–Crippen MR) is 104 cm³/mol. The highest BCUT2D eigenvalue weighted by atomic mass is 19.1. The van der Waals surface area contributed by atoms with Crippen LogP contribution in [0.25, 0.3) is 0 Å². The van der Waals surface area contributed by atoms with Crippen molar-refractivity contribution in [2.75, 3.05) is 18.0 Å². The van der Waals surface area contributed by atoms with Gasteiger partial charge in [-0.3, -0.25) is 20.2 Å². The second kappa shape index (κ2) is 10.8. The zero-order valence-electron chi connectivity index (χ0n) is 15.7. The summed E-state index contributed by atoms with van der Waals surface area (Å²) < 4.78 is 12.9. The number of rotatable bonds is 7. The van der Waals surface area contributed by atoms with Crippen LogP contribution in [-0.4, -0.2) is 22.9 Å². The zero-order chi connectivity index (χ0) is 20.4. The van der Waals surface area contributed by atoms with Crippen LogP contribution >= 0.6 is 0 Å². The van der Waals surface area contributed by atoms with Crippen molar-refractivity contribution in [2.24, 2.45) is 0 Å². The average Bonchev–Trinajstić information content (AvgIpc) is 2.62. The maximum Gasteiger partial charge on any atom is 0.312 e. The van der Waals surface area contributed by atoms with Crippen LogP contribution in [0.1, 0.15) is 32.3 Å². The van der Waals surface area contributed by atoms with E-state index >= 15 is 0 Å². The van der Waals surface area contributed by atoms with E-state index in [1.165, 1.54) is 24.1 Å². The molecule has 2 aromatic carbocycles. The lowest BCUT2D eigenvalue weighted by Gasteiger charge is -2.23. The Hall–Kier alpha value is -3.03. The molecule has 0 bridgehead atoms. The summed E-state index contributed by atoms with van der Waals surface area (Å²) in [6.45, 7) is 8.93. The van der Waals surface area contributed by atoms with Crippen molar-refractivity contribution in [1.29, 1.82) is 0 Å². The molecule has 0 unspecified atom stereocenters. The van der Waals surface area contributed by atoms with Crippen LogP contribution in [0.5, 0.6) is 0 Å². The first-order valence-electron chi connectivity index (χ1n) is 8.70. The standard InChI is InChI=1S/C13H21N.C6H3FN2O4/c1-4-10-14(11-5-2)13-8-6-12(3)7-9-13;7-6-4(8(10)11)2-1-3-5(6)9(12)13/h6-9H,4-5,10-11H2,1-3H3;1-3H. The van der Waals surface area contributed by atoms with Crippen LogP contribution in [0.4, 0.5) is 21.5 Å². The van der Waals surface area contributed by atoms with Crippen molar-refractivity contribution >= 4 is 17.1 Å². The van der Waals surface area contributed by atoms with Crippen molar-refractivity contribution < 1.29 is 14.2 Å². The van der Waals surface area contributed by atoms with Crippen LogP contribution in [0, 0.1) is 33.0 Å². The molecule has 0 saturated carbocycles. The third kappa shape index (κ3) is 6.65. The monoisotopic (exact) mass is 377 g/mol. The van der Waals surface area contributed by atoms with Gasteiger partial charge in [0.2, 0.25) is 0 Å². The van der Waals surface area contributed by atoms with Gasteiger partial charge >= 0.3 is 11.4 Å². The number of hydrogen-bond acceptors (Lipinski definition) is 5. The molecule has 0 aromatic heterocycles. The number of nitro benzene ring substituents is 2. The fourth-order valence-corrected chi connectivity index (χ4v) is 2.46. The lowest BCUT2D eigenvalue weighted by molar-refractivity contribution is -0.399. The highest BCUT2D eigenvalue weighted by molar-refractivity contribution is 5.47. The van der Waals surface area contributed by atoms with Crippen molar-refractivity contribution in [2.45, 2.75) is 33.6 Å². The molecule has 0 aliphatic heterocycles. The van der Waals surface area contributed by atoms with Crippen molar-refractivity contribution in [3.63, 3.8) is 0 Å². The smallest absolute Gasteiger partial charge is 0.312 e. The van der Waals surface area contributed by atoms with E-state index in [9.17, 15) is 24.6 Å². The average molecular weight is 377 g/mol. The molecule has 8 heteroatoms. The van der Waals surface area contributed by atoms with Crippen molar-refractivity contribution in [3.05, 3.63) is 74.1 Å². The van der Waals surface area contributed by atoms with Gasteiger partial charge in [-0.05, 0) is 38.0 Å². The Morgan fingerprint density at radius 2 is 1.33 bits per heavy atom. The van der Waals surface area contributed by atoms with Crippen LogP contribution < -0.4 is 4.90 Å². The summed E-state index contributed by atoms with van der Waals surface area (Å²) in [5, 5.41) is 20.3. The maximum atomic E-state index is 12.9. The quantitative estimate of drug-likeness (QED) is 0.485. The van der Waals surface area contributed by atoms with Gasteiger partial charge in [-0.1, -0.05) is 31.5 Å². The van der Waals surface area contributed by atoms with Crippen LogP contribution in [0.15, 0.2) is 42.5 Å². The molecule has 0 spiro atoms. The lowest BCUT2D eigenvalue weighted by atomic mass is 10.2. The summed E-state index contributed by atoms with van der Waals surface area (Å²) in [5.41, 5.74) is 0.907. The summed E-state index contributed by atoms with van der Waals surface area (Å²) in [6.07, 6.45) is 2.43. The molecule has 0 heterocycles. The lowest BCUT2D eigenvalue weighted by Crippen LogP contribution is -2.24. The minimum absolute atomic E-state index is 0.863. The van der Waals surface area contributed by atoms with E-state index in [4.69, 9.17) is 0 Å². The third-order valence-electron chi connectivity index (χ3n) is 3.74. The maximum absolute atomic E-state index is 12.9. The molecule has 0 atom stereocenters. The van der Waals surface area contributed by atoms with Gasteiger partial charge in [0.15, 0.2) is 0 Å². The van der Waals surface area contributed by atoms with Gasteiger partial charge in [0.05, 0.1) is 9.85 Å². The number of aryl methyl sites for hydroxylation is 1. The number of halogens is 1. The van der Waals surface area contributed by atoms with E-state index in [2.05, 4.69) is 49.9 Å². The zero-order valence-corrected chi connectivity index (χ0v) is 15.7. The second-order valence-corrected chi connectivity index (χ2v) is 5.95. The number of anilines is 1. The highest BCUT2D eigenvalue weighted by Crippen LogP contribution is 2.25. The summed E-state index contributed by atoms with van der Waals surface area (Å²) in [4.78, 5) is 20.7. The molecule has 0 N–H and O–H groups in total. The van der Waals surface area contributed by atoms with E-state index in [1.54, 1.807) is 0 Å². The summed E-state index contributed by atoms with van der Waals surface area (Å²) in [6, 6.07) is 11.6. The van der Waals surface area contributed by atoms with Crippen LogP contribution in [0.3, 0.4) is 0 Å². The van der Waals surface area contributed by atoms with Gasteiger partial charge in [0, 0.05) is 30.9 Å². The van der Waals surface area contributed by atoms with Gasteiger partial charge in [-0.25, -0.2) is 0 Å². The van der Waals surface area contributed by atoms with Crippen LogP contribution in [0.2, 0.25) is 0 Å². The number of nitro groups is 2. The Morgan fingerprint density at radius 3 is 1.70 bits per heavy atom. The van der Waals surface area contributed by atoms with Crippen molar-refractivity contribution in [3.8, 4) is 0 Å². The Balaban J connectivity index is 0.000000271. The number of nitrogens with zero attached hydrogens (tertiary/aromatic N) is 3. The van der Waals surface area contributed by atoms with Gasteiger partial charge in [0.1, 0.15) is 0 Å².